The van der Waals surface area contributed by atoms with Crippen LogP contribution in [0, 0.1) is 5.92 Å². The van der Waals surface area contributed by atoms with Crippen molar-refractivity contribution in [2.75, 3.05) is 13.7 Å². The van der Waals surface area contributed by atoms with Crippen molar-refractivity contribution in [2.24, 2.45) is 5.92 Å². The molecular weight excluding hydrogens is 446 g/mol. The van der Waals surface area contributed by atoms with E-state index in [2.05, 4.69) is 0 Å². The van der Waals surface area contributed by atoms with Gasteiger partial charge in [-0.25, -0.2) is 9.69 Å². The number of nitrogens with zero attached hydrogens (tertiary/aromatic N) is 1. The van der Waals surface area contributed by atoms with E-state index in [1.54, 1.807) is 27.9 Å². The molecule has 1 saturated heterocycles. The van der Waals surface area contributed by atoms with E-state index in [-0.39, 0.29) is 18.9 Å². The Morgan fingerprint density at radius 1 is 1.06 bits per heavy atom. The van der Waals surface area contributed by atoms with E-state index in [0.717, 1.165) is 23.3 Å². The van der Waals surface area contributed by atoms with Gasteiger partial charge in [0.05, 0.1) is 19.6 Å². The summed E-state index contributed by atoms with van der Waals surface area (Å²) < 4.78 is 15.9. The summed E-state index contributed by atoms with van der Waals surface area (Å²) in [6.45, 7) is 5.52. The molecule has 2 aromatic carbocycles. The molecule has 0 N–H and O–H groups in total. The van der Waals surface area contributed by atoms with Crippen LogP contribution in [0.5, 0.6) is 5.75 Å². The number of methoxy groups -OCH3 is 1. The number of hydrogen-bond acceptors (Lipinski definition) is 6. The van der Waals surface area contributed by atoms with E-state index in [1.165, 1.54) is 4.90 Å². The number of carbonyl (C=O) groups excluding carboxylic acids is 3. The molecule has 0 saturated carbocycles. The highest BCUT2D eigenvalue weighted by molar-refractivity contribution is 5.96. The molecule has 1 aliphatic heterocycles. The van der Waals surface area contributed by atoms with Crippen LogP contribution in [0.3, 0.4) is 0 Å². The van der Waals surface area contributed by atoms with Gasteiger partial charge in [0.2, 0.25) is 5.91 Å². The van der Waals surface area contributed by atoms with Crippen LogP contribution in [0.15, 0.2) is 54.6 Å². The Morgan fingerprint density at radius 3 is 2.37 bits per heavy atom. The highest BCUT2D eigenvalue weighted by atomic mass is 16.6. The lowest BCUT2D eigenvalue weighted by Crippen LogP contribution is -2.44. The minimum absolute atomic E-state index is 0.0828. The van der Waals surface area contributed by atoms with Crippen LogP contribution in [0.1, 0.15) is 51.2 Å². The molecule has 2 amide bonds. The summed E-state index contributed by atoms with van der Waals surface area (Å²) in [6.07, 6.45) is 1.63. The number of imide groups is 1. The number of cyclic esters (lactones) is 1. The summed E-state index contributed by atoms with van der Waals surface area (Å²) in [4.78, 5) is 40.0. The number of ether oxygens (including phenoxy) is 3. The topological polar surface area (TPSA) is 82.1 Å². The maximum atomic E-state index is 13.6. The van der Waals surface area contributed by atoms with Gasteiger partial charge < -0.3 is 14.2 Å². The minimum atomic E-state index is -0.674. The molecule has 3 rings (SSSR count). The van der Waals surface area contributed by atoms with Crippen molar-refractivity contribution in [3.8, 4) is 5.75 Å². The van der Waals surface area contributed by atoms with Gasteiger partial charge in [0.25, 0.3) is 0 Å². The van der Waals surface area contributed by atoms with Gasteiger partial charge in [0.1, 0.15) is 18.0 Å². The summed E-state index contributed by atoms with van der Waals surface area (Å²) in [5.74, 6) is -0.725. The van der Waals surface area contributed by atoms with Crippen molar-refractivity contribution in [3.05, 3.63) is 65.7 Å². The maximum absolute atomic E-state index is 13.6. The number of benzene rings is 2. The molecular formula is C28H35NO6. The van der Waals surface area contributed by atoms with Gasteiger partial charge in [-0.3, -0.25) is 9.59 Å². The molecule has 2 atom stereocenters. The third kappa shape index (κ3) is 7.84. The maximum Gasteiger partial charge on any atom is 0.416 e. The highest BCUT2D eigenvalue weighted by Gasteiger charge is 2.41. The highest BCUT2D eigenvalue weighted by Crippen LogP contribution is 2.25. The van der Waals surface area contributed by atoms with Crippen LogP contribution in [0.4, 0.5) is 4.79 Å². The predicted octanol–water partition coefficient (Wildman–Crippen LogP) is 4.96. The van der Waals surface area contributed by atoms with Crippen molar-refractivity contribution >= 4 is 18.0 Å². The van der Waals surface area contributed by atoms with Gasteiger partial charge in [-0.2, -0.15) is 0 Å². The Morgan fingerprint density at radius 2 is 1.74 bits per heavy atom. The molecule has 1 fully saturated rings. The fourth-order valence-corrected chi connectivity index (χ4v) is 4.21. The summed E-state index contributed by atoms with van der Waals surface area (Å²) in [5.41, 5.74) is 1.46. The number of aryl methyl sites for hydroxylation is 1. The second-order valence-corrected chi connectivity index (χ2v) is 9.86. The second kappa shape index (κ2) is 11.9. The summed E-state index contributed by atoms with van der Waals surface area (Å²) in [5, 5.41) is 0. The van der Waals surface area contributed by atoms with E-state index >= 15 is 0 Å². The first-order chi connectivity index (χ1) is 16.7. The van der Waals surface area contributed by atoms with E-state index < -0.39 is 29.6 Å². The lowest BCUT2D eigenvalue weighted by atomic mass is 9.94. The average Bonchev–Trinajstić information content (AvgIpc) is 3.17. The van der Waals surface area contributed by atoms with Crippen LogP contribution < -0.4 is 4.74 Å². The van der Waals surface area contributed by atoms with Gasteiger partial charge in [0, 0.05) is 5.92 Å². The number of hydrogen-bond donors (Lipinski definition) is 0. The Balaban J connectivity index is 1.71. The third-order valence-corrected chi connectivity index (χ3v) is 5.87. The van der Waals surface area contributed by atoms with Crippen molar-refractivity contribution in [2.45, 2.75) is 64.5 Å². The van der Waals surface area contributed by atoms with E-state index in [1.807, 2.05) is 54.6 Å². The molecule has 0 radical (unpaired) electrons. The van der Waals surface area contributed by atoms with Crippen LogP contribution in [0.2, 0.25) is 0 Å². The fourth-order valence-electron chi connectivity index (χ4n) is 4.21. The summed E-state index contributed by atoms with van der Waals surface area (Å²) >= 11 is 0. The standard InChI is InChI=1S/C28H35NO6/c1-28(2,3)35-25(30)18-22(12-8-11-20-13-15-24(33-4)16-14-20)26(31)29-23(19-34-27(29)32)17-21-9-6-5-7-10-21/h5-7,9-10,13-16,22-23H,8,11-12,17-19H2,1-4H3/t22-,23+/m1/s1. The number of carbonyl (C=O) groups is 3. The molecule has 2 aromatic rings. The van der Waals surface area contributed by atoms with E-state index in [9.17, 15) is 14.4 Å². The zero-order valence-electron chi connectivity index (χ0n) is 21.0. The van der Waals surface area contributed by atoms with Crippen LogP contribution in [-0.4, -0.2) is 48.2 Å². The predicted molar refractivity (Wildman–Crippen MR) is 132 cm³/mol. The van der Waals surface area contributed by atoms with Crippen molar-refractivity contribution < 1.29 is 28.6 Å². The van der Waals surface area contributed by atoms with Crippen molar-refractivity contribution in [1.29, 1.82) is 0 Å². The molecule has 0 bridgehead atoms. The third-order valence-electron chi connectivity index (χ3n) is 5.87. The smallest absolute Gasteiger partial charge is 0.416 e. The molecule has 0 spiro atoms. The molecule has 0 aromatic heterocycles. The number of amides is 2. The van der Waals surface area contributed by atoms with Crippen LogP contribution >= 0.6 is 0 Å². The number of rotatable bonds is 10. The molecule has 188 valence electrons. The fraction of sp³-hybridized carbons (Fsp3) is 0.464. The summed E-state index contributed by atoms with van der Waals surface area (Å²) in [7, 11) is 1.62. The van der Waals surface area contributed by atoms with Crippen molar-refractivity contribution in [3.63, 3.8) is 0 Å². The first kappa shape index (κ1) is 26.3. The van der Waals surface area contributed by atoms with Gasteiger partial charge >= 0.3 is 12.1 Å². The zero-order valence-corrected chi connectivity index (χ0v) is 21.0. The second-order valence-electron chi connectivity index (χ2n) is 9.86. The Kier molecular flexibility index (Phi) is 8.90. The van der Waals surface area contributed by atoms with Gasteiger partial charge in [-0.05, 0) is 69.7 Å². The molecule has 7 heteroatoms. The Hall–Kier alpha value is -3.35. The Labute approximate surface area is 207 Å². The quantitative estimate of drug-likeness (QED) is 0.446. The summed E-state index contributed by atoms with van der Waals surface area (Å²) in [6, 6.07) is 17.0. The monoisotopic (exact) mass is 481 g/mol. The van der Waals surface area contributed by atoms with Gasteiger partial charge in [-0.15, -0.1) is 0 Å². The Bertz CT molecular complexity index is 996. The lowest BCUT2D eigenvalue weighted by Gasteiger charge is -2.26. The SMILES string of the molecule is COc1ccc(CCC[C@H](CC(=O)OC(C)(C)C)C(=O)N2C(=O)OC[C@@H]2Cc2ccccc2)cc1. The normalized spacial score (nSPS) is 16.5. The largest absolute Gasteiger partial charge is 0.497 e. The number of esters is 1. The lowest BCUT2D eigenvalue weighted by molar-refractivity contribution is -0.158. The van der Waals surface area contributed by atoms with E-state index in [4.69, 9.17) is 14.2 Å². The first-order valence-corrected chi connectivity index (χ1v) is 12.0. The molecule has 35 heavy (non-hydrogen) atoms. The molecule has 7 nitrogen and oxygen atoms in total. The van der Waals surface area contributed by atoms with Crippen LogP contribution in [-0.2, 0) is 31.9 Å². The van der Waals surface area contributed by atoms with E-state index in [0.29, 0.717) is 19.3 Å². The van der Waals surface area contributed by atoms with Crippen molar-refractivity contribution in [1.82, 2.24) is 4.90 Å². The molecule has 1 heterocycles. The molecule has 1 aliphatic rings. The zero-order chi connectivity index (χ0) is 25.4. The van der Waals surface area contributed by atoms with Gasteiger partial charge in [-0.1, -0.05) is 42.5 Å². The van der Waals surface area contributed by atoms with Gasteiger partial charge in [0.15, 0.2) is 0 Å². The molecule has 0 unspecified atom stereocenters. The first-order valence-electron chi connectivity index (χ1n) is 12.0. The van der Waals surface area contributed by atoms with Crippen LogP contribution in [0.25, 0.3) is 0 Å². The minimum Gasteiger partial charge on any atom is -0.497 e. The molecule has 0 aliphatic carbocycles. The average molecular weight is 482 g/mol.